The lowest BCUT2D eigenvalue weighted by Gasteiger charge is -2.21. The van der Waals surface area contributed by atoms with Crippen molar-refractivity contribution >= 4 is 5.91 Å². The van der Waals surface area contributed by atoms with Crippen LogP contribution in [0.15, 0.2) is 0 Å². The molecule has 1 aliphatic heterocycles. The Bertz CT molecular complexity index is 447. The molecule has 1 fully saturated rings. The van der Waals surface area contributed by atoms with Crippen molar-refractivity contribution in [1.29, 1.82) is 0 Å². The molecule has 1 aromatic heterocycles. The van der Waals surface area contributed by atoms with Gasteiger partial charge in [0.1, 0.15) is 0 Å². The minimum atomic E-state index is 0.143. The summed E-state index contributed by atoms with van der Waals surface area (Å²) in [5.74, 6) is 0.330. The van der Waals surface area contributed by atoms with E-state index in [2.05, 4.69) is 22.7 Å². The van der Waals surface area contributed by atoms with Crippen LogP contribution in [0.25, 0.3) is 0 Å². The molecule has 2 N–H and O–H groups in total. The van der Waals surface area contributed by atoms with Crippen LogP contribution in [0.3, 0.4) is 0 Å². The molecule has 2 rings (SSSR count). The van der Waals surface area contributed by atoms with Gasteiger partial charge in [-0.2, -0.15) is 5.10 Å². The van der Waals surface area contributed by atoms with Gasteiger partial charge in [0.2, 0.25) is 5.91 Å². The highest BCUT2D eigenvalue weighted by Crippen LogP contribution is 2.13. The van der Waals surface area contributed by atoms with Gasteiger partial charge in [-0.25, -0.2) is 0 Å². The summed E-state index contributed by atoms with van der Waals surface area (Å²) in [6, 6.07) is 0. The van der Waals surface area contributed by atoms with Crippen LogP contribution in [-0.2, 0) is 18.3 Å². The number of nitrogens with zero attached hydrogens (tertiary/aromatic N) is 2. The SMILES string of the molecule is Cc1nn(C)c(C)c1CCNC(=O)C1CCCNC1. The van der Waals surface area contributed by atoms with Crippen LogP contribution >= 0.6 is 0 Å². The molecule has 106 valence electrons. The zero-order valence-corrected chi connectivity index (χ0v) is 12.1. The number of piperidine rings is 1. The van der Waals surface area contributed by atoms with E-state index in [1.165, 1.54) is 11.3 Å². The first-order valence-electron chi connectivity index (χ1n) is 7.07. The number of aromatic nitrogens is 2. The average molecular weight is 264 g/mol. The first kappa shape index (κ1) is 14.1. The van der Waals surface area contributed by atoms with Crippen molar-refractivity contribution in [2.75, 3.05) is 19.6 Å². The van der Waals surface area contributed by atoms with Gasteiger partial charge in [-0.3, -0.25) is 9.48 Å². The molecule has 1 saturated heterocycles. The van der Waals surface area contributed by atoms with Crippen molar-refractivity contribution in [2.45, 2.75) is 33.1 Å². The predicted molar refractivity (Wildman–Crippen MR) is 75.0 cm³/mol. The average Bonchev–Trinajstić information content (AvgIpc) is 2.66. The normalized spacial score (nSPS) is 19.4. The van der Waals surface area contributed by atoms with E-state index < -0.39 is 0 Å². The quantitative estimate of drug-likeness (QED) is 0.841. The van der Waals surface area contributed by atoms with E-state index in [-0.39, 0.29) is 11.8 Å². The van der Waals surface area contributed by atoms with Gasteiger partial charge in [0.25, 0.3) is 0 Å². The predicted octanol–water partition coefficient (Wildman–Crippen LogP) is 0.695. The second-order valence-electron chi connectivity index (χ2n) is 5.36. The van der Waals surface area contributed by atoms with Crippen LogP contribution in [0, 0.1) is 19.8 Å². The molecule has 5 heteroatoms. The van der Waals surface area contributed by atoms with Crippen LogP contribution in [-0.4, -0.2) is 35.3 Å². The van der Waals surface area contributed by atoms with Gasteiger partial charge in [0.05, 0.1) is 11.6 Å². The number of nitrogens with one attached hydrogen (secondary N) is 2. The first-order valence-corrected chi connectivity index (χ1v) is 7.07. The van der Waals surface area contributed by atoms with Crippen LogP contribution < -0.4 is 10.6 Å². The highest BCUT2D eigenvalue weighted by molar-refractivity contribution is 5.78. The fourth-order valence-corrected chi connectivity index (χ4v) is 2.71. The van der Waals surface area contributed by atoms with Gasteiger partial charge in [-0.1, -0.05) is 0 Å². The number of aryl methyl sites for hydroxylation is 2. The van der Waals surface area contributed by atoms with E-state index in [1.54, 1.807) is 0 Å². The zero-order chi connectivity index (χ0) is 13.8. The third-order valence-corrected chi connectivity index (χ3v) is 4.00. The number of carbonyl (C=O) groups excluding carboxylic acids is 1. The Morgan fingerprint density at radius 2 is 2.32 bits per heavy atom. The summed E-state index contributed by atoms with van der Waals surface area (Å²) >= 11 is 0. The van der Waals surface area contributed by atoms with Gasteiger partial charge in [-0.15, -0.1) is 0 Å². The summed E-state index contributed by atoms with van der Waals surface area (Å²) in [6.45, 7) is 6.65. The van der Waals surface area contributed by atoms with Crippen LogP contribution in [0.4, 0.5) is 0 Å². The molecule has 0 spiro atoms. The standard InChI is InChI=1S/C14H24N4O/c1-10-13(11(2)18(3)17-10)6-8-16-14(19)12-5-4-7-15-9-12/h12,15H,4-9H2,1-3H3,(H,16,19). The van der Waals surface area contributed by atoms with Gasteiger partial charge in [0, 0.05) is 25.8 Å². The highest BCUT2D eigenvalue weighted by atomic mass is 16.1. The molecule has 0 aliphatic carbocycles. The molecule has 0 radical (unpaired) electrons. The molecule has 5 nitrogen and oxygen atoms in total. The molecule has 1 amide bonds. The Labute approximate surface area is 114 Å². The molecular formula is C14H24N4O. The maximum absolute atomic E-state index is 12.0. The van der Waals surface area contributed by atoms with E-state index in [4.69, 9.17) is 0 Å². The van der Waals surface area contributed by atoms with Crippen LogP contribution in [0.1, 0.15) is 29.8 Å². The molecular weight excluding hydrogens is 240 g/mol. The summed E-state index contributed by atoms with van der Waals surface area (Å²) in [4.78, 5) is 12.0. The minimum absolute atomic E-state index is 0.143. The Kier molecular flexibility index (Phi) is 4.58. The molecule has 1 aromatic rings. The number of hydrogen-bond acceptors (Lipinski definition) is 3. The topological polar surface area (TPSA) is 59.0 Å². The van der Waals surface area contributed by atoms with Crippen molar-refractivity contribution in [3.8, 4) is 0 Å². The Morgan fingerprint density at radius 1 is 1.53 bits per heavy atom. The van der Waals surface area contributed by atoms with Gasteiger partial charge >= 0.3 is 0 Å². The number of hydrogen-bond donors (Lipinski definition) is 2. The highest BCUT2D eigenvalue weighted by Gasteiger charge is 2.20. The minimum Gasteiger partial charge on any atom is -0.355 e. The maximum atomic E-state index is 12.0. The number of amides is 1. The fourth-order valence-electron chi connectivity index (χ4n) is 2.71. The largest absolute Gasteiger partial charge is 0.355 e. The summed E-state index contributed by atoms with van der Waals surface area (Å²) in [5.41, 5.74) is 3.50. The second kappa shape index (κ2) is 6.19. The van der Waals surface area contributed by atoms with Gasteiger partial charge < -0.3 is 10.6 Å². The van der Waals surface area contributed by atoms with E-state index in [9.17, 15) is 4.79 Å². The molecule has 1 unspecified atom stereocenters. The first-order chi connectivity index (χ1) is 9.09. The molecule has 1 aliphatic rings. The Balaban J connectivity index is 1.81. The van der Waals surface area contributed by atoms with Crippen LogP contribution in [0.5, 0.6) is 0 Å². The third-order valence-electron chi connectivity index (χ3n) is 4.00. The van der Waals surface area contributed by atoms with Crippen molar-refractivity contribution in [3.63, 3.8) is 0 Å². The van der Waals surface area contributed by atoms with Gasteiger partial charge in [0.15, 0.2) is 0 Å². The van der Waals surface area contributed by atoms with Crippen molar-refractivity contribution in [3.05, 3.63) is 17.0 Å². The molecule has 1 atom stereocenters. The molecule has 2 heterocycles. The summed E-state index contributed by atoms with van der Waals surface area (Å²) in [5, 5.41) is 10.7. The smallest absolute Gasteiger partial charge is 0.224 e. The summed E-state index contributed by atoms with van der Waals surface area (Å²) in [6.07, 6.45) is 2.96. The van der Waals surface area contributed by atoms with E-state index in [1.807, 2.05) is 18.7 Å². The Hall–Kier alpha value is -1.36. The van der Waals surface area contributed by atoms with Crippen molar-refractivity contribution in [1.82, 2.24) is 20.4 Å². The molecule has 0 aromatic carbocycles. The Morgan fingerprint density at radius 3 is 2.89 bits per heavy atom. The van der Waals surface area contributed by atoms with Crippen molar-refractivity contribution < 1.29 is 4.79 Å². The second-order valence-corrected chi connectivity index (χ2v) is 5.36. The van der Waals surface area contributed by atoms with Gasteiger partial charge in [-0.05, 0) is 45.2 Å². The fraction of sp³-hybridized carbons (Fsp3) is 0.714. The third kappa shape index (κ3) is 3.35. The summed E-state index contributed by atoms with van der Waals surface area (Å²) in [7, 11) is 1.96. The lowest BCUT2D eigenvalue weighted by atomic mass is 9.99. The lowest BCUT2D eigenvalue weighted by molar-refractivity contribution is -0.125. The van der Waals surface area contributed by atoms with Crippen molar-refractivity contribution in [2.24, 2.45) is 13.0 Å². The number of rotatable bonds is 4. The van der Waals surface area contributed by atoms with Crippen LogP contribution in [0.2, 0.25) is 0 Å². The van der Waals surface area contributed by atoms with E-state index in [0.29, 0.717) is 6.54 Å². The van der Waals surface area contributed by atoms with E-state index in [0.717, 1.165) is 38.0 Å². The monoisotopic (exact) mass is 264 g/mol. The zero-order valence-electron chi connectivity index (χ0n) is 12.1. The van der Waals surface area contributed by atoms with E-state index >= 15 is 0 Å². The summed E-state index contributed by atoms with van der Waals surface area (Å²) < 4.78 is 1.90. The molecule has 19 heavy (non-hydrogen) atoms. The molecule has 0 saturated carbocycles. The number of carbonyl (C=O) groups is 1. The maximum Gasteiger partial charge on any atom is 0.224 e. The lowest BCUT2D eigenvalue weighted by Crippen LogP contribution is -2.41. The molecule has 0 bridgehead atoms.